The molecule has 51 heavy (non-hydrogen) atoms. The van der Waals surface area contributed by atoms with Gasteiger partial charge in [0.2, 0.25) is 0 Å². The molecule has 0 aliphatic heterocycles. The van der Waals surface area contributed by atoms with Gasteiger partial charge < -0.3 is 0 Å². The quantitative estimate of drug-likeness (QED) is 0.140. The molecule has 0 aliphatic rings. The van der Waals surface area contributed by atoms with Gasteiger partial charge in [-0.25, -0.2) is 0 Å². The van der Waals surface area contributed by atoms with E-state index in [-0.39, 0.29) is 0 Å². The van der Waals surface area contributed by atoms with Crippen LogP contribution in [0, 0.1) is 0 Å². The first-order valence-electron chi connectivity index (χ1n) is 17.5. The number of hydrogen-bond donors (Lipinski definition) is 0. The molecule has 1 heterocycles. The Balaban J connectivity index is 1.28. The maximum atomic E-state index is 2.49. The monoisotopic (exact) mass is 760 g/mol. The summed E-state index contributed by atoms with van der Waals surface area (Å²) in [5.41, 5.74) is 6.96. The zero-order valence-electron chi connectivity index (χ0n) is 28.2. The molecule has 0 saturated carbocycles. The van der Waals surface area contributed by atoms with Crippen LogP contribution in [0.25, 0.3) is 27.5 Å². The molecule has 242 valence electrons. The maximum absolute atomic E-state index is 3.81. The van der Waals surface area contributed by atoms with Gasteiger partial charge in [0.15, 0.2) is 0 Å². The predicted molar refractivity (Wildman–Crippen MR) is 219 cm³/mol. The van der Waals surface area contributed by atoms with E-state index in [4.69, 9.17) is 0 Å². The summed E-state index contributed by atoms with van der Waals surface area (Å²) in [7, 11) is 0. The van der Waals surface area contributed by atoms with Gasteiger partial charge in [-0.1, -0.05) is 12.1 Å². The van der Waals surface area contributed by atoms with Crippen LogP contribution in [-0.4, -0.2) is 22.9 Å². The number of para-hydroxylation sites is 3. The van der Waals surface area contributed by atoms with Crippen molar-refractivity contribution in [3.8, 4) is 5.69 Å². The van der Waals surface area contributed by atoms with E-state index in [1.54, 1.807) is 0 Å². The Morgan fingerprint density at radius 1 is 0.314 bits per heavy atom. The molecular weight excluding hydrogens is 723 g/mol. The average molecular weight is 760 g/mol. The van der Waals surface area contributed by atoms with E-state index in [9.17, 15) is 0 Å². The Morgan fingerprint density at radius 2 is 0.765 bits per heavy atom. The van der Waals surface area contributed by atoms with Crippen molar-refractivity contribution in [2.45, 2.75) is 0 Å². The molecule has 2 nitrogen and oxygen atoms in total. The molecule has 9 rings (SSSR count). The van der Waals surface area contributed by atoms with E-state index < -0.39 is 18.4 Å². The van der Waals surface area contributed by atoms with E-state index in [0.717, 1.165) is 17.1 Å². The Labute approximate surface area is 303 Å². The van der Waals surface area contributed by atoms with E-state index >= 15 is 0 Å². The molecule has 0 atom stereocenters. The third-order valence-corrected chi connectivity index (χ3v) is 23.7. The Morgan fingerprint density at radius 3 is 1.31 bits per heavy atom. The minimum atomic E-state index is -3.81. The van der Waals surface area contributed by atoms with Crippen LogP contribution in [0.2, 0.25) is 0 Å². The van der Waals surface area contributed by atoms with Gasteiger partial charge in [-0.05, 0) is 0 Å². The molecule has 0 N–H and O–H groups in total. The van der Waals surface area contributed by atoms with Crippen LogP contribution < -0.4 is 19.2 Å². The van der Waals surface area contributed by atoms with Gasteiger partial charge in [-0.2, -0.15) is 0 Å². The number of anilines is 3. The van der Waals surface area contributed by atoms with Gasteiger partial charge in [0, 0.05) is 0 Å². The molecule has 0 spiro atoms. The number of benzene rings is 8. The van der Waals surface area contributed by atoms with Gasteiger partial charge >= 0.3 is 293 Å². The van der Waals surface area contributed by atoms with Crippen molar-refractivity contribution in [1.29, 1.82) is 0 Å². The number of fused-ring (bicyclic) bond motifs is 3. The second-order valence-corrected chi connectivity index (χ2v) is 23.8. The fraction of sp³-hybridized carbons (Fsp3) is 0. The zero-order valence-corrected chi connectivity index (χ0v) is 31.0. The SMILES string of the molecule is c1ccc(N(c2ccccc2)c2ccc3c(c2)c2ccccc2n3-c2ccc[c]([Sn]([c]3ccccc3)([c]3ccccc3)[c]3ccccc3)c2)cc1. The van der Waals surface area contributed by atoms with Crippen LogP contribution in [0.1, 0.15) is 0 Å². The first kappa shape index (κ1) is 31.2. The fourth-order valence-electron chi connectivity index (χ4n) is 7.92. The molecule has 0 fully saturated rings. The molecule has 8 aromatic carbocycles. The van der Waals surface area contributed by atoms with Gasteiger partial charge in [0.1, 0.15) is 0 Å². The first-order valence-corrected chi connectivity index (χ1v) is 23.2. The van der Waals surface area contributed by atoms with E-state index in [2.05, 4.69) is 228 Å². The average Bonchev–Trinajstić information content (AvgIpc) is 3.54. The number of aromatic nitrogens is 1. The van der Waals surface area contributed by atoms with Crippen LogP contribution >= 0.6 is 0 Å². The van der Waals surface area contributed by atoms with Gasteiger partial charge in [-0.3, -0.25) is 0 Å². The summed E-state index contributed by atoms with van der Waals surface area (Å²) in [5, 5.41) is 2.47. The van der Waals surface area contributed by atoms with E-state index in [1.807, 2.05) is 0 Å². The van der Waals surface area contributed by atoms with Crippen molar-refractivity contribution in [2.24, 2.45) is 0 Å². The summed E-state index contributed by atoms with van der Waals surface area (Å²) in [6.07, 6.45) is 0. The van der Waals surface area contributed by atoms with Crippen molar-refractivity contribution in [1.82, 2.24) is 4.57 Å². The number of rotatable bonds is 8. The normalized spacial score (nSPS) is 11.5. The summed E-state index contributed by atoms with van der Waals surface area (Å²) < 4.78 is 8.21. The van der Waals surface area contributed by atoms with E-state index in [0.29, 0.717) is 0 Å². The van der Waals surface area contributed by atoms with E-state index in [1.165, 1.54) is 41.8 Å². The summed E-state index contributed by atoms with van der Waals surface area (Å²) in [6, 6.07) is 80.2. The molecule has 3 heteroatoms. The third kappa shape index (κ3) is 5.44. The molecule has 0 radical (unpaired) electrons. The van der Waals surface area contributed by atoms with Crippen LogP contribution in [0.15, 0.2) is 218 Å². The third-order valence-electron chi connectivity index (χ3n) is 10.1. The van der Waals surface area contributed by atoms with Crippen molar-refractivity contribution in [3.05, 3.63) is 218 Å². The summed E-state index contributed by atoms with van der Waals surface area (Å²) in [6.45, 7) is 0. The Bertz CT molecular complexity index is 2430. The van der Waals surface area contributed by atoms with Crippen LogP contribution in [0.4, 0.5) is 17.1 Å². The molecule has 0 bridgehead atoms. The zero-order chi connectivity index (χ0) is 34.0. The molecule has 0 saturated heterocycles. The molecule has 0 unspecified atom stereocenters. The molecule has 1 aromatic heterocycles. The number of nitrogens with zero attached hydrogens (tertiary/aromatic N) is 2. The predicted octanol–water partition coefficient (Wildman–Crippen LogP) is 9.63. The first-order chi connectivity index (χ1) is 25.3. The number of hydrogen-bond acceptors (Lipinski definition) is 1. The summed E-state index contributed by atoms with van der Waals surface area (Å²) >= 11 is -3.81. The summed E-state index contributed by atoms with van der Waals surface area (Å²) in [5.74, 6) is 0. The Hall–Kier alpha value is -5.84. The molecule has 0 amide bonds. The molecular formula is C48H36N2Sn. The second kappa shape index (κ2) is 13.5. The van der Waals surface area contributed by atoms with Gasteiger partial charge in [-0.15, -0.1) is 0 Å². The van der Waals surface area contributed by atoms with Crippen molar-refractivity contribution in [3.63, 3.8) is 0 Å². The molecule has 9 aromatic rings. The standard InChI is InChI=1S/C30H21N2.3C6H5.Sn/c1-4-12-23(13-5-1)31(24-14-6-2-7-15-24)26-20-21-30-28(22-26)27-18-10-11-19-29(27)32(30)25-16-8-3-9-17-25;3*1-2-4-6-5-3-1;/h1-8,10-22H;3*1-5H;. The van der Waals surface area contributed by atoms with Crippen LogP contribution in [-0.2, 0) is 0 Å². The fourth-order valence-corrected chi connectivity index (χ4v) is 21.6. The minimum absolute atomic E-state index is 1.13. The van der Waals surface area contributed by atoms with Gasteiger partial charge in [0.05, 0.1) is 0 Å². The van der Waals surface area contributed by atoms with Crippen molar-refractivity contribution >= 4 is 71.6 Å². The van der Waals surface area contributed by atoms with Gasteiger partial charge in [0.25, 0.3) is 0 Å². The summed E-state index contributed by atoms with van der Waals surface area (Å²) in [4.78, 5) is 2.34. The Kier molecular flexibility index (Phi) is 8.23. The second-order valence-electron chi connectivity index (χ2n) is 13.0. The van der Waals surface area contributed by atoms with Crippen LogP contribution in [0.5, 0.6) is 0 Å². The molecule has 0 aliphatic carbocycles. The van der Waals surface area contributed by atoms with Crippen LogP contribution in [0.3, 0.4) is 0 Å². The van der Waals surface area contributed by atoms with Crippen molar-refractivity contribution in [2.75, 3.05) is 4.90 Å². The van der Waals surface area contributed by atoms with Crippen molar-refractivity contribution < 1.29 is 0 Å². The topological polar surface area (TPSA) is 8.17 Å².